The van der Waals surface area contributed by atoms with Gasteiger partial charge < -0.3 is 4.57 Å². The fourth-order valence-electron chi connectivity index (χ4n) is 2.47. The van der Waals surface area contributed by atoms with Crippen LogP contribution in [0.1, 0.15) is 12.8 Å². The molecule has 3 aromatic rings. The summed E-state index contributed by atoms with van der Waals surface area (Å²) in [6.45, 7) is 0.527. The van der Waals surface area contributed by atoms with Crippen molar-refractivity contribution in [1.29, 1.82) is 5.26 Å². The Balaban J connectivity index is 2.17. The average molecular weight is 297 g/mol. The van der Waals surface area contributed by atoms with Gasteiger partial charge in [0.25, 0.3) is 0 Å². The van der Waals surface area contributed by atoms with Crippen LogP contribution in [0.3, 0.4) is 0 Å². The van der Waals surface area contributed by atoms with Gasteiger partial charge in [-0.3, -0.25) is 0 Å². The van der Waals surface area contributed by atoms with E-state index in [0.717, 1.165) is 17.7 Å². The quantitative estimate of drug-likeness (QED) is 0.674. The van der Waals surface area contributed by atoms with Gasteiger partial charge >= 0.3 is 0 Å². The summed E-state index contributed by atoms with van der Waals surface area (Å²) < 4.78 is 28.8. The lowest BCUT2D eigenvalue weighted by Crippen LogP contribution is -2.01. The number of nitrogens with zero attached hydrogens (tertiary/aromatic N) is 3. The molecule has 0 aliphatic carbocycles. The molecule has 0 radical (unpaired) electrons. The van der Waals surface area contributed by atoms with Gasteiger partial charge in [-0.15, -0.1) is 0 Å². The van der Waals surface area contributed by atoms with E-state index in [-0.39, 0.29) is 0 Å². The Morgan fingerprint density at radius 1 is 1.09 bits per heavy atom. The molecular weight excluding hydrogens is 284 g/mol. The van der Waals surface area contributed by atoms with Gasteiger partial charge in [-0.1, -0.05) is 30.3 Å². The number of hydrogen-bond acceptors (Lipinski definition) is 2. The number of rotatable bonds is 4. The lowest BCUT2D eigenvalue weighted by atomic mass is 10.2. The zero-order chi connectivity index (χ0) is 15.5. The van der Waals surface area contributed by atoms with Crippen molar-refractivity contribution in [3.63, 3.8) is 0 Å². The van der Waals surface area contributed by atoms with Crippen molar-refractivity contribution in [2.24, 2.45) is 0 Å². The summed E-state index contributed by atoms with van der Waals surface area (Å²) in [5.74, 6) is -1.15. The highest BCUT2D eigenvalue weighted by atomic mass is 19.2. The van der Waals surface area contributed by atoms with Crippen LogP contribution >= 0.6 is 0 Å². The summed E-state index contributed by atoms with van der Waals surface area (Å²) in [6, 6.07) is 13.8. The Labute approximate surface area is 126 Å². The van der Waals surface area contributed by atoms with Gasteiger partial charge in [0.2, 0.25) is 0 Å². The van der Waals surface area contributed by atoms with E-state index in [2.05, 4.69) is 11.1 Å². The van der Waals surface area contributed by atoms with Crippen molar-refractivity contribution in [1.82, 2.24) is 9.55 Å². The monoisotopic (exact) mass is 297 g/mol. The number of nitriles is 1. The van der Waals surface area contributed by atoms with E-state index in [1.807, 2.05) is 34.9 Å². The molecule has 0 saturated carbocycles. The fraction of sp³-hybridized carbons (Fsp3) is 0.176. The normalized spacial score (nSPS) is 10.8. The van der Waals surface area contributed by atoms with Crippen LogP contribution in [0.25, 0.3) is 22.4 Å². The molecule has 5 heteroatoms. The second kappa shape index (κ2) is 5.94. The van der Waals surface area contributed by atoms with Crippen LogP contribution in [0.15, 0.2) is 42.5 Å². The first kappa shape index (κ1) is 14.2. The minimum absolute atomic E-state index is 0.400. The number of fused-ring (bicyclic) bond motifs is 1. The van der Waals surface area contributed by atoms with Gasteiger partial charge in [0, 0.05) is 30.7 Å². The second-order valence-electron chi connectivity index (χ2n) is 4.97. The molecule has 0 bridgehead atoms. The van der Waals surface area contributed by atoms with Crippen molar-refractivity contribution in [2.45, 2.75) is 19.4 Å². The third-order valence-corrected chi connectivity index (χ3v) is 3.49. The Kier molecular flexibility index (Phi) is 3.84. The fourth-order valence-corrected chi connectivity index (χ4v) is 2.47. The van der Waals surface area contributed by atoms with E-state index < -0.39 is 11.6 Å². The maximum atomic E-state index is 13.6. The zero-order valence-electron chi connectivity index (χ0n) is 11.8. The van der Waals surface area contributed by atoms with Crippen LogP contribution in [0.4, 0.5) is 8.78 Å². The molecule has 0 atom stereocenters. The van der Waals surface area contributed by atoms with Gasteiger partial charge in [0.1, 0.15) is 5.82 Å². The molecular formula is C17H13F2N3. The molecule has 0 fully saturated rings. The van der Waals surface area contributed by atoms with Crippen molar-refractivity contribution >= 4 is 11.0 Å². The summed E-state index contributed by atoms with van der Waals surface area (Å²) >= 11 is 0. The first-order chi connectivity index (χ1) is 10.7. The van der Waals surface area contributed by atoms with E-state index in [9.17, 15) is 8.78 Å². The highest BCUT2D eigenvalue weighted by molar-refractivity contribution is 5.80. The van der Waals surface area contributed by atoms with Crippen molar-refractivity contribution < 1.29 is 8.78 Å². The van der Waals surface area contributed by atoms with Gasteiger partial charge in [0.05, 0.1) is 17.1 Å². The molecule has 0 spiro atoms. The van der Waals surface area contributed by atoms with E-state index in [4.69, 9.17) is 5.26 Å². The van der Waals surface area contributed by atoms with E-state index >= 15 is 0 Å². The summed E-state index contributed by atoms with van der Waals surface area (Å²) in [6.07, 6.45) is 1.03. The Hall–Kier alpha value is -2.74. The van der Waals surface area contributed by atoms with Crippen LogP contribution in [0.2, 0.25) is 0 Å². The molecule has 1 heterocycles. The smallest absolute Gasteiger partial charge is 0.161 e. The van der Waals surface area contributed by atoms with Crippen LogP contribution in [-0.2, 0) is 6.54 Å². The van der Waals surface area contributed by atoms with Gasteiger partial charge in [-0.2, -0.15) is 5.26 Å². The Bertz CT molecular complexity index is 848. The topological polar surface area (TPSA) is 41.6 Å². The minimum Gasteiger partial charge on any atom is -0.324 e. The molecule has 0 aliphatic rings. The molecule has 0 unspecified atom stereocenters. The predicted molar refractivity (Wildman–Crippen MR) is 79.9 cm³/mol. The number of benzene rings is 2. The lowest BCUT2D eigenvalue weighted by Gasteiger charge is -2.08. The Morgan fingerprint density at radius 3 is 2.55 bits per heavy atom. The number of halogens is 2. The maximum absolute atomic E-state index is 13.6. The van der Waals surface area contributed by atoms with Crippen LogP contribution < -0.4 is 0 Å². The van der Waals surface area contributed by atoms with Crippen molar-refractivity contribution in [2.75, 3.05) is 0 Å². The predicted octanol–water partition coefficient (Wildman–Crippen LogP) is 4.29. The van der Waals surface area contributed by atoms with E-state index in [0.29, 0.717) is 36.2 Å². The number of aromatic nitrogens is 2. The molecule has 110 valence electrons. The average Bonchev–Trinajstić information content (AvgIpc) is 2.87. The highest BCUT2D eigenvalue weighted by Crippen LogP contribution is 2.26. The third-order valence-electron chi connectivity index (χ3n) is 3.49. The first-order valence-electron chi connectivity index (χ1n) is 6.98. The minimum atomic E-state index is -0.909. The lowest BCUT2D eigenvalue weighted by molar-refractivity contribution is 0.510. The molecule has 0 N–H and O–H groups in total. The SMILES string of the molecule is N#CCCCn1c(-c2ccccc2)nc2cc(F)c(F)cc21. The number of hydrogen-bond donors (Lipinski definition) is 0. The molecule has 3 nitrogen and oxygen atoms in total. The second-order valence-corrected chi connectivity index (χ2v) is 4.97. The first-order valence-corrected chi connectivity index (χ1v) is 6.98. The standard InChI is InChI=1S/C17H13F2N3/c18-13-10-15-16(11-14(13)19)22(9-5-4-8-20)17(21-15)12-6-2-1-3-7-12/h1-3,6-7,10-11H,4-5,9H2. The van der Waals surface area contributed by atoms with Crippen LogP contribution in [-0.4, -0.2) is 9.55 Å². The molecule has 0 saturated heterocycles. The van der Waals surface area contributed by atoms with Gasteiger partial charge in [-0.05, 0) is 6.42 Å². The number of unbranched alkanes of at least 4 members (excludes halogenated alkanes) is 1. The van der Waals surface area contributed by atoms with Crippen LogP contribution in [0, 0.1) is 23.0 Å². The molecule has 3 rings (SSSR count). The molecule has 1 aromatic heterocycles. The van der Waals surface area contributed by atoms with Gasteiger partial charge in [-0.25, -0.2) is 13.8 Å². The largest absolute Gasteiger partial charge is 0.324 e. The molecule has 0 aliphatic heterocycles. The molecule has 22 heavy (non-hydrogen) atoms. The van der Waals surface area contributed by atoms with E-state index in [1.54, 1.807) is 0 Å². The maximum Gasteiger partial charge on any atom is 0.161 e. The summed E-state index contributed by atoms with van der Waals surface area (Å²) in [4.78, 5) is 4.44. The zero-order valence-corrected chi connectivity index (χ0v) is 11.8. The van der Waals surface area contributed by atoms with Crippen molar-refractivity contribution in [3.05, 3.63) is 54.1 Å². The highest BCUT2D eigenvalue weighted by Gasteiger charge is 2.15. The molecule has 0 amide bonds. The van der Waals surface area contributed by atoms with Crippen LogP contribution in [0.5, 0.6) is 0 Å². The summed E-state index contributed by atoms with van der Waals surface area (Å²) in [5, 5.41) is 8.69. The van der Waals surface area contributed by atoms with Crippen molar-refractivity contribution in [3.8, 4) is 17.5 Å². The third kappa shape index (κ3) is 2.56. The Morgan fingerprint density at radius 2 is 1.82 bits per heavy atom. The summed E-state index contributed by atoms with van der Waals surface area (Å²) in [5.41, 5.74) is 1.82. The molecule has 2 aromatic carbocycles. The summed E-state index contributed by atoms with van der Waals surface area (Å²) in [7, 11) is 0. The number of aryl methyl sites for hydroxylation is 1. The number of imidazole rings is 1. The van der Waals surface area contributed by atoms with E-state index in [1.165, 1.54) is 0 Å². The van der Waals surface area contributed by atoms with Gasteiger partial charge in [0.15, 0.2) is 11.6 Å².